The normalized spacial score (nSPS) is 36.0. The Morgan fingerprint density at radius 1 is 1.16 bits per heavy atom. The first kappa shape index (κ1) is 24.7. The molecule has 2 nitrogen and oxygen atoms in total. The highest BCUT2D eigenvalue weighted by atomic mass is 28.4. The Balaban J connectivity index is 1.76. The molecule has 3 saturated carbocycles. The second kappa shape index (κ2) is 9.13. The van der Waals surface area contributed by atoms with Crippen LogP contribution in [0.2, 0.25) is 18.1 Å². The summed E-state index contributed by atoms with van der Waals surface area (Å²) in [5.41, 5.74) is 4.59. The Kier molecular flexibility index (Phi) is 7.28. The van der Waals surface area contributed by atoms with Gasteiger partial charge in [0.25, 0.3) is 0 Å². The summed E-state index contributed by atoms with van der Waals surface area (Å²) in [5.74, 6) is 1.36. The maximum Gasteiger partial charge on any atom is 0.192 e. The van der Waals surface area contributed by atoms with E-state index >= 15 is 0 Å². The van der Waals surface area contributed by atoms with Gasteiger partial charge in [0.15, 0.2) is 8.32 Å². The van der Waals surface area contributed by atoms with Crippen LogP contribution in [0, 0.1) is 23.2 Å². The number of allylic oxidation sites excluding steroid dienone is 4. The van der Waals surface area contributed by atoms with Gasteiger partial charge in [0.05, 0.1) is 0 Å². The first-order valence-corrected chi connectivity index (χ1v) is 15.5. The Hall–Kier alpha value is -0.933. The average Bonchev–Trinajstić information content (AvgIpc) is 3.04. The first-order valence-electron chi connectivity index (χ1n) is 12.6. The van der Waals surface area contributed by atoms with Gasteiger partial charge >= 0.3 is 0 Å². The molecule has 0 saturated heterocycles. The summed E-state index contributed by atoms with van der Waals surface area (Å²) < 4.78 is 6.75. The van der Waals surface area contributed by atoms with Gasteiger partial charge in [0.2, 0.25) is 0 Å². The molecule has 174 valence electrons. The lowest BCUT2D eigenvalue weighted by atomic mass is 9.61. The predicted molar refractivity (Wildman–Crippen MR) is 135 cm³/mol. The number of hydrogen-bond acceptors (Lipinski definition) is 2. The van der Waals surface area contributed by atoms with Gasteiger partial charge in [-0.15, -0.1) is 0 Å². The SMILES string of the molecule is C=C1CC[C@H](O[Si](C)(C)C(C)(C)C)C/C1=C\C=C1\CCC[C@]2(C)[C@@H]([C@H](C)C=O)CC[C@@H]12. The van der Waals surface area contributed by atoms with Gasteiger partial charge in [0.1, 0.15) is 6.29 Å². The topological polar surface area (TPSA) is 26.3 Å². The highest BCUT2D eigenvalue weighted by Crippen LogP contribution is 2.59. The fraction of sp³-hybridized carbons (Fsp3) is 0.750. The van der Waals surface area contributed by atoms with Gasteiger partial charge in [-0.25, -0.2) is 0 Å². The highest BCUT2D eigenvalue weighted by molar-refractivity contribution is 6.74. The van der Waals surface area contributed by atoms with Crippen molar-refractivity contribution in [2.45, 2.75) is 110 Å². The minimum Gasteiger partial charge on any atom is -0.414 e. The minimum atomic E-state index is -1.75. The zero-order valence-corrected chi connectivity index (χ0v) is 22.2. The first-order chi connectivity index (χ1) is 14.4. The van der Waals surface area contributed by atoms with Crippen molar-refractivity contribution in [2.75, 3.05) is 0 Å². The summed E-state index contributed by atoms with van der Waals surface area (Å²) in [7, 11) is -1.75. The van der Waals surface area contributed by atoms with Gasteiger partial charge in [-0.1, -0.05) is 64.5 Å². The summed E-state index contributed by atoms with van der Waals surface area (Å²) in [6.07, 6.45) is 15.7. The highest BCUT2D eigenvalue weighted by Gasteiger charge is 2.50. The number of carbonyl (C=O) groups excluding carboxylic acids is 1. The van der Waals surface area contributed by atoms with Crippen molar-refractivity contribution in [1.29, 1.82) is 0 Å². The molecule has 5 atom stereocenters. The van der Waals surface area contributed by atoms with Crippen LogP contribution in [-0.4, -0.2) is 20.7 Å². The Labute approximate surface area is 192 Å². The van der Waals surface area contributed by atoms with Crippen LogP contribution in [0.5, 0.6) is 0 Å². The molecule has 3 rings (SSSR count). The largest absolute Gasteiger partial charge is 0.414 e. The molecule has 0 radical (unpaired) electrons. The molecule has 31 heavy (non-hydrogen) atoms. The van der Waals surface area contributed by atoms with Crippen molar-refractivity contribution in [1.82, 2.24) is 0 Å². The third-order valence-electron chi connectivity index (χ3n) is 9.32. The van der Waals surface area contributed by atoms with Crippen LogP contribution in [0.3, 0.4) is 0 Å². The van der Waals surface area contributed by atoms with E-state index in [9.17, 15) is 4.79 Å². The lowest BCUT2D eigenvalue weighted by molar-refractivity contribution is -0.113. The van der Waals surface area contributed by atoms with Gasteiger partial charge in [0, 0.05) is 12.0 Å². The molecule has 0 bridgehead atoms. The van der Waals surface area contributed by atoms with E-state index in [0.29, 0.717) is 23.4 Å². The van der Waals surface area contributed by atoms with Crippen molar-refractivity contribution < 1.29 is 9.22 Å². The second-order valence-corrected chi connectivity index (χ2v) is 17.1. The predicted octanol–water partition coefficient (Wildman–Crippen LogP) is 8.02. The molecule has 0 aromatic rings. The zero-order chi connectivity index (χ0) is 23.0. The Morgan fingerprint density at radius 2 is 1.87 bits per heavy atom. The van der Waals surface area contributed by atoms with Crippen LogP contribution < -0.4 is 0 Å². The molecular formula is C28H46O2Si. The smallest absolute Gasteiger partial charge is 0.192 e. The van der Waals surface area contributed by atoms with Crippen molar-refractivity contribution in [3.05, 3.63) is 35.5 Å². The molecule has 3 heteroatoms. The second-order valence-electron chi connectivity index (χ2n) is 12.4. The summed E-state index contributed by atoms with van der Waals surface area (Å²) >= 11 is 0. The molecule has 0 aliphatic heterocycles. The third kappa shape index (κ3) is 5.03. The Morgan fingerprint density at radius 3 is 2.52 bits per heavy atom. The summed E-state index contributed by atoms with van der Waals surface area (Å²) in [4.78, 5) is 11.5. The van der Waals surface area contributed by atoms with E-state index < -0.39 is 8.32 Å². The van der Waals surface area contributed by atoms with Crippen LogP contribution >= 0.6 is 0 Å². The molecule has 3 fully saturated rings. The number of rotatable bonds is 5. The minimum absolute atomic E-state index is 0.180. The van der Waals surface area contributed by atoms with E-state index in [4.69, 9.17) is 4.43 Å². The van der Waals surface area contributed by atoms with Gasteiger partial charge in [-0.3, -0.25) is 0 Å². The lowest BCUT2D eigenvalue weighted by Gasteiger charge is -2.43. The van der Waals surface area contributed by atoms with E-state index in [1.54, 1.807) is 5.57 Å². The maximum absolute atomic E-state index is 11.5. The van der Waals surface area contributed by atoms with Gasteiger partial charge in [-0.2, -0.15) is 0 Å². The third-order valence-corrected chi connectivity index (χ3v) is 13.9. The lowest BCUT2D eigenvalue weighted by Crippen LogP contribution is -2.44. The number of carbonyl (C=O) groups is 1. The van der Waals surface area contributed by atoms with E-state index in [1.807, 2.05) is 0 Å². The molecule has 0 spiro atoms. The molecule has 3 aliphatic carbocycles. The standard InChI is InChI=1S/C28H46O2Si/c1-20-11-14-24(30-31(7,8)27(3,4)5)18-23(20)13-12-22-10-9-17-28(6)25(21(2)19-29)15-16-26(22)28/h12-13,19,21,24-26H,1,9-11,14-18H2,2-8H3/b22-12-,23-13+/t21-,24+,25-,26+,28-/m1/s1. The molecular weight excluding hydrogens is 396 g/mol. The summed E-state index contributed by atoms with van der Waals surface area (Å²) in [6.45, 7) is 20.7. The molecule has 0 aromatic heterocycles. The van der Waals surface area contributed by atoms with E-state index in [1.165, 1.54) is 49.5 Å². The number of hydrogen-bond donors (Lipinski definition) is 0. The van der Waals surface area contributed by atoms with Crippen molar-refractivity contribution >= 4 is 14.6 Å². The van der Waals surface area contributed by atoms with Crippen molar-refractivity contribution in [3.63, 3.8) is 0 Å². The van der Waals surface area contributed by atoms with Crippen LogP contribution in [-0.2, 0) is 9.22 Å². The summed E-state index contributed by atoms with van der Waals surface area (Å²) in [5, 5.41) is 0.248. The molecule has 0 aromatic carbocycles. The van der Waals surface area contributed by atoms with Gasteiger partial charge in [-0.05, 0) is 92.3 Å². The fourth-order valence-corrected chi connectivity index (χ4v) is 7.70. The van der Waals surface area contributed by atoms with E-state index in [0.717, 1.165) is 19.3 Å². The van der Waals surface area contributed by atoms with Crippen LogP contribution in [0.15, 0.2) is 35.5 Å². The quantitative estimate of drug-likeness (QED) is 0.318. The molecule has 0 unspecified atom stereocenters. The molecule has 0 amide bonds. The number of aldehydes is 1. The van der Waals surface area contributed by atoms with Crippen LogP contribution in [0.1, 0.15) is 86.0 Å². The average molecular weight is 443 g/mol. The zero-order valence-electron chi connectivity index (χ0n) is 21.2. The molecule has 0 heterocycles. The maximum atomic E-state index is 11.5. The van der Waals surface area contributed by atoms with Gasteiger partial charge < -0.3 is 9.22 Å². The van der Waals surface area contributed by atoms with Crippen LogP contribution in [0.4, 0.5) is 0 Å². The van der Waals surface area contributed by atoms with Crippen LogP contribution in [0.25, 0.3) is 0 Å². The molecule has 0 N–H and O–H groups in total. The number of fused-ring (bicyclic) bond motifs is 1. The van der Waals surface area contributed by atoms with E-state index in [-0.39, 0.29) is 11.0 Å². The summed E-state index contributed by atoms with van der Waals surface area (Å²) in [6, 6.07) is 0. The van der Waals surface area contributed by atoms with Crippen molar-refractivity contribution in [2.24, 2.45) is 23.2 Å². The van der Waals surface area contributed by atoms with Crippen molar-refractivity contribution in [3.8, 4) is 0 Å². The van der Waals surface area contributed by atoms with E-state index in [2.05, 4.69) is 66.4 Å². The fourth-order valence-electron chi connectivity index (χ4n) is 6.31. The Bertz CT molecular complexity index is 753. The monoisotopic (exact) mass is 442 g/mol. The molecule has 3 aliphatic rings.